The average molecular weight is 260 g/mol. The number of nitrogens with zero attached hydrogens (tertiary/aromatic N) is 1. The van der Waals surface area contributed by atoms with Crippen LogP contribution in [0.5, 0.6) is 11.5 Å². The molecule has 3 nitrogen and oxygen atoms in total. The fraction of sp³-hybridized carbons (Fsp3) is 0.267. The van der Waals surface area contributed by atoms with Crippen molar-refractivity contribution in [1.29, 1.82) is 0 Å². The number of hydrogen-bond donors (Lipinski definition) is 1. The molecule has 2 aromatic rings. The van der Waals surface area contributed by atoms with Crippen molar-refractivity contribution in [3.8, 4) is 11.5 Å². The van der Waals surface area contributed by atoms with Crippen LogP contribution in [-0.2, 0) is 0 Å². The van der Waals surface area contributed by atoms with E-state index in [1.807, 2.05) is 13.0 Å². The third-order valence-electron chi connectivity index (χ3n) is 2.96. The fourth-order valence-corrected chi connectivity index (χ4v) is 1.81. The monoisotopic (exact) mass is 260 g/mol. The molecule has 1 aromatic heterocycles. The molecule has 2 rings (SSSR count). The van der Waals surface area contributed by atoms with Gasteiger partial charge in [0.1, 0.15) is 17.3 Å². The molecule has 4 heteroatoms. The minimum absolute atomic E-state index is 0.275. The SMILES string of the molecule is Cc1cc(Oc2cccnc2C)c([C@@H](C)N)cc1F. The molecular formula is C15H17FN2O. The second-order valence-corrected chi connectivity index (χ2v) is 4.62. The van der Waals surface area contributed by atoms with E-state index in [4.69, 9.17) is 10.5 Å². The van der Waals surface area contributed by atoms with Crippen molar-refractivity contribution in [2.24, 2.45) is 5.73 Å². The minimum atomic E-state index is -0.304. The minimum Gasteiger partial charge on any atom is -0.455 e. The zero-order valence-corrected chi connectivity index (χ0v) is 11.3. The topological polar surface area (TPSA) is 48.1 Å². The summed E-state index contributed by atoms with van der Waals surface area (Å²) in [6.45, 7) is 5.35. The first kappa shape index (κ1) is 13.5. The van der Waals surface area contributed by atoms with Gasteiger partial charge < -0.3 is 10.5 Å². The maximum atomic E-state index is 13.6. The van der Waals surface area contributed by atoms with Gasteiger partial charge in [-0.2, -0.15) is 0 Å². The van der Waals surface area contributed by atoms with Gasteiger partial charge in [0.15, 0.2) is 0 Å². The van der Waals surface area contributed by atoms with Crippen molar-refractivity contribution in [3.63, 3.8) is 0 Å². The highest BCUT2D eigenvalue weighted by atomic mass is 19.1. The number of ether oxygens (including phenoxy) is 1. The Kier molecular flexibility index (Phi) is 3.81. The molecule has 0 amide bonds. The van der Waals surface area contributed by atoms with Crippen molar-refractivity contribution in [2.45, 2.75) is 26.8 Å². The first-order valence-electron chi connectivity index (χ1n) is 6.14. The van der Waals surface area contributed by atoms with Crippen LogP contribution >= 0.6 is 0 Å². The maximum absolute atomic E-state index is 13.6. The Morgan fingerprint density at radius 2 is 2.00 bits per heavy atom. The van der Waals surface area contributed by atoms with Gasteiger partial charge in [0.05, 0.1) is 5.69 Å². The molecule has 2 N–H and O–H groups in total. The number of halogens is 1. The molecule has 0 spiro atoms. The van der Waals surface area contributed by atoms with Gasteiger partial charge in [-0.25, -0.2) is 4.39 Å². The lowest BCUT2D eigenvalue weighted by Gasteiger charge is -2.16. The molecule has 0 radical (unpaired) electrons. The summed E-state index contributed by atoms with van der Waals surface area (Å²) in [6, 6.07) is 6.42. The Labute approximate surface area is 112 Å². The highest BCUT2D eigenvalue weighted by Crippen LogP contribution is 2.31. The first-order valence-corrected chi connectivity index (χ1v) is 6.14. The molecule has 0 fully saturated rings. The van der Waals surface area contributed by atoms with Gasteiger partial charge >= 0.3 is 0 Å². The lowest BCUT2D eigenvalue weighted by Crippen LogP contribution is -2.08. The summed E-state index contributed by atoms with van der Waals surface area (Å²) in [7, 11) is 0. The first-order chi connectivity index (χ1) is 8.99. The van der Waals surface area contributed by atoms with Crippen LogP contribution in [0.2, 0.25) is 0 Å². The zero-order chi connectivity index (χ0) is 14.0. The van der Waals surface area contributed by atoms with Crippen molar-refractivity contribution < 1.29 is 9.13 Å². The predicted molar refractivity (Wildman–Crippen MR) is 72.8 cm³/mol. The highest BCUT2D eigenvalue weighted by molar-refractivity contribution is 5.43. The number of hydrogen-bond acceptors (Lipinski definition) is 3. The van der Waals surface area contributed by atoms with E-state index >= 15 is 0 Å². The van der Waals surface area contributed by atoms with Crippen LogP contribution in [0.25, 0.3) is 0 Å². The van der Waals surface area contributed by atoms with E-state index < -0.39 is 0 Å². The number of rotatable bonds is 3. The summed E-state index contributed by atoms with van der Waals surface area (Å²) in [6.07, 6.45) is 1.70. The van der Waals surface area contributed by atoms with Gasteiger partial charge in [0, 0.05) is 17.8 Å². The second kappa shape index (κ2) is 5.36. The molecule has 0 saturated heterocycles. The summed E-state index contributed by atoms with van der Waals surface area (Å²) < 4.78 is 19.4. The zero-order valence-electron chi connectivity index (χ0n) is 11.3. The highest BCUT2D eigenvalue weighted by Gasteiger charge is 2.13. The van der Waals surface area contributed by atoms with Gasteiger partial charge in [0.25, 0.3) is 0 Å². The summed E-state index contributed by atoms with van der Waals surface area (Å²) in [5.41, 5.74) is 7.81. The van der Waals surface area contributed by atoms with Gasteiger partial charge in [-0.1, -0.05) is 0 Å². The number of nitrogens with two attached hydrogens (primary N) is 1. The Bertz CT molecular complexity index is 597. The maximum Gasteiger partial charge on any atom is 0.148 e. The molecule has 19 heavy (non-hydrogen) atoms. The number of aromatic nitrogens is 1. The molecule has 0 aliphatic rings. The average Bonchev–Trinajstić information content (AvgIpc) is 2.36. The number of benzene rings is 1. The number of pyridine rings is 1. The van der Waals surface area contributed by atoms with E-state index in [0.717, 1.165) is 5.69 Å². The van der Waals surface area contributed by atoms with Crippen molar-refractivity contribution in [3.05, 3.63) is 53.1 Å². The second-order valence-electron chi connectivity index (χ2n) is 4.62. The van der Waals surface area contributed by atoms with Crippen molar-refractivity contribution in [2.75, 3.05) is 0 Å². The smallest absolute Gasteiger partial charge is 0.148 e. The molecular weight excluding hydrogens is 243 g/mol. The lowest BCUT2D eigenvalue weighted by atomic mass is 10.0. The van der Waals surface area contributed by atoms with Crippen LogP contribution in [0, 0.1) is 19.7 Å². The van der Waals surface area contributed by atoms with Crippen LogP contribution < -0.4 is 10.5 Å². The lowest BCUT2D eigenvalue weighted by molar-refractivity contribution is 0.462. The Balaban J connectivity index is 2.45. The number of aryl methyl sites for hydroxylation is 2. The van der Waals surface area contributed by atoms with Crippen molar-refractivity contribution in [1.82, 2.24) is 4.98 Å². The van der Waals surface area contributed by atoms with Crippen molar-refractivity contribution >= 4 is 0 Å². The summed E-state index contributed by atoms with van der Waals surface area (Å²) in [5.74, 6) is 0.947. The van der Waals surface area contributed by atoms with Crippen LogP contribution in [-0.4, -0.2) is 4.98 Å². The predicted octanol–water partition coefficient (Wildman–Crippen LogP) is 3.65. The van der Waals surface area contributed by atoms with Crippen LogP contribution in [0.3, 0.4) is 0 Å². The molecule has 1 heterocycles. The van der Waals surface area contributed by atoms with E-state index in [0.29, 0.717) is 22.6 Å². The molecule has 1 atom stereocenters. The normalized spacial score (nSPS) is 12.3. The Hall–Kier alpha value is -1.94. The summed E-state index contributed by atoms with van der Waals surface area (Å²) in [5, 5.41) is 0. The van der Waals surface area contributed by atoms with E-state index in [-0.39, 0.29) is 11.9 Å². The van der Waals surface area contributed by atoms with Gasteiger partial charge in [-0.15, -0.1) is 0 Å². The Morgan fingerprint density at radius 3 is 2.63 bits per heavy atom. The van der Waals surface area contributed by atoms with E-state index in [9.17, 15) is 4.39 Å². The van der Waals surface area contributed by atoms with E-state index in [1.165, 1.54) is 6.07 Å². The fourth-order valence-electron chi connectivity index (χ4n) is 1.81. The van der Waals surface area contributed by atoms with Crippen LogP contribution in [0.4, 0.5) is 4.39 Å². The third-order valence-corrected chi connectivity index (χ3v) is 2.96. The molecule has 0 bridgehead atoms. The van der Waals surface area contributed by atoms with Gasteiger partial charge in [-0.3, -0.25) is 4.98 Å². The standard InChI is InChI=1S/C15H17FN2O/c1-9-7-15(12(10(2)17)8-13(9)16)19-14-5-4-6-18-11(14)3/h4-8,10H,17H2,1-3H3/t10-/m1/s1. The molecule has 0 aliphatic carbocycles. The Morgan fingerprint density at radius 1 is 1.26 bits per heavy atom. The van der Waals surface area contributed by atoms with E-state index in [2.05, 4.69) is 4.98 Å². The largest absolute Gasteiger partial charge is 0.455 e. The van der Waals surface area contributed by atoms with E-state index in [1.54, 1.807) is 32.2 Å². The quantitative estimate of drug-likeness (QED) is 0.916. The van der Waals surface area contributed by atoms with Gasteiger partial charge in [0.2, 0.25) is 0 Å². The van der Waals surface area contributed by atoms with Crippen LogP contribution in [0.15, 0.2) is 30.5 Å². The molecule has 0 saturated carbocycles. The molecule has 1 aromatic carbocycles. The third kappa shape index (κ3) is 2.90. The molecule has 0 unspecified atom stereocenters. The van der Waals surface area contributed by atoms with Crippen LogP contribution in [0.1, 0.15) is 29.8 Å². The summed E-state index contributed by atoms with van der Waals surface area (Å²) >= 11 is 0. The van der Waals surface area contributed by atoms with Gasteiger partial charge in [-0.05, 0) is 50.6 Å². The summed E-state index contributed by atoms with van der Waals surface area (Å²) in [4.78, 5) is 4.16. The molecule has 100 valence electrons. The molecule has 0 aliphatic heterocycles.